The number of likely N-dealkylation sites (tertiary alicyclic amines) is 1. The van der Waals surface area contributed by atoms with Gasteiger partial charge in [0.25, 0.3) is 5.91 Å². The van der Waals surface area contributed by atoms with Crippen LogP contribution in [0.3, 0.4) is 0 Å². The van der Waals surface area contributed by atoms with Crippen molar-refractivity contribution in [1.29, 1.82) is 0 Å². The maximum atomic E-state index is 14.3. The van der Waals surface area contributed by atoms with Gasteiger partial charge in [-0.2, -0.15) is 4.68 Å². The lowest BCUT2D eigenvalue weighted by Crippen LogP contribution is -2.50. The summed E-state index contributed by atoms with van der Waals surface area (Å²) in [5, 5.41) is 14.7. The van der Waals surface area contributed by atoms with E-state index in [1.807, 2.05) is 29.2 Å². The normalized spacial score (nSPS) is 23.2. The molecule has 2 saturated carbocycles. The molecule has 1 saturated heterocycles. The number of nitrogens with one attached hydrogen (secondary N) is 3. The number of aromatic nitrogens is 4. The largest absolute Gasteiger partial charge is 0.444 e. The molecule has 7 rings (SSSR count). The number of anilines is 1. The Hall–Kier alpha value is -4.81. The van der Waals surface area contributed by atoms with E-state index in [0.29, 0.717) is 60.6 Å². The number of aromatic amines is 1. The number of nitrogens with zero attached hydrogens (tertiary/aromatic N) is 4. The molecule has 0 spiro atoms. The van der Waals surface area contributed by atoms with Crippen LogP contribution in [0.25, 0.3) is 21.9 Å². The second-order valence-electron chi connectivity index (χ2n) is 16.1. The van der Waals surface area contributed by atoms with Crippen molar-refractivity contribution < 1.29 is 28.3 Å². The fraction of sp³-hybridized carbons (Fsp3) is 0.550. The standard InChI is InChI=1S/C40H50FN7O5/c1-40(2,3)53-39(52)44-33(23-41)25-13-15-26(16-14-25)37(50)47-20-19-29(24-9-5-4-6-10-24)35(47)36(49)42-28-17-18-30-27(21-28)22-32(43-30)38(51)48-34-12-8-7-11-31(34)45-46-48/h7-8,11-12,17-18,21-22,24-26,29,33,35,43H,4-6,9-10,13-16,19-20,23H2,1-3H3,(H,42,49)(H,44,52)/t25?,26?,29-,33?,35-/m0/s1. The minimum absolute atomic E-state index is 0.0105. The average Bonchev–Trinajstić information content (AvgIpc) is 3.90. The Labute approximate surface area is 308 Å². The molecule has 1 aliphatic heterocycles. The van der Waals surface area contributed by atoms with Crippen LogP contribution in [0.1, 0.15) is 95.5 Å². The summed E-state index contributed by atoms with van der Waals surface area (Å²) in [7, 11) is 0. The van der Waals surface area contributed by atoms with Crippen LogP contribution < -0.4 is 10.6 Å². The minimum atomic E-state index is -0.703. The van der Waals surface area contributed by atoms with Crippen molar-refractivity contribution in [2.24, 2.45) is 23.7 Å². The van der Waals surface area contributed by atoms with E-state index in [0.717, 1.165) is 43.0 Å². The first-order valence-electron chi connectivity index (χ1n) is 19.1. The number of ether oxygens (including phenoxy) is 1. The topological polar surface area (TPSA) is 151 Å². The van der Waals surface area contributed by atoms with Crippen molar-refractivity contribution in [3.8, 4) is 0 Å². The quantitative estimate of drug-likeness (QED) is 0.177. The van der Waals surface area contributed by atoms with Gasteiger partial charge in [-0.3, -0.25) is 14.4 Å². The third kappa shape index (κ3) is 7.94. The van der Waals surface area contributed by atoms with Crippen molar-refractivity contribution in [3.05, 3.63) is 54.2 Å². The molecule has 2 aromatic heterocycles. The highest BCUT2D eigenvalue weighted by Crippen LogP contribution is 2.41. The molecule has 3 aliphatic rings. The van der Waals surface area contributed by atoms with E-state index >= 15 is 0 Å². The van der Waals surface area contributed by atoms with Crippen LogP contribution in [0.15, 0.2) is 48.5 Å². The van der Waals surface area contributed by atoms with Crippen LogP contribution in [-0.4, -0.2) is 79.6 Å². The highest BCUT2D eigenvalue weighted by molar-refractivity contribution is 6.04. The van der Waals surface area contributed by atoms with Crippen LogP contribution in [0, 0.1) is 23.7 Å². The summed E-state index contributed by atoms with van der Waals surface area (Å²) in [4.78, 5) is 59.3. The maximum absolute atomic E-state index is 14.3. The number of para-hydroxylation sites is 1. The smallest absolute Gasteiger partial charge is 0.407 e. The minimum Gasteiger partial charge on any atom is -0.444 e. The van der Waals surface area contributed by atoms with E-state index in [1.54, 1.807) is 45.0 Å². The zero-order valence-corrected chi connectivity index (χ0v) is 30.8. The molecule has 3 atom stereocenters. The van der Waals surface area contributed by atoms with E-state index in [1.165, 1.54) is 11.1 Å². The summed E-state index contributed by atoms with van der Waals surface area (Å²) in [6, 6.07) is 13.2. The molecule has 3 fully saturated rings. The van der Waals surface area contributed by atoms with Crippen LogP contribution in [0.5, 0.6) is 0 Å². The number of carbonyl (C=O) groups is 4. The predicted octanol–water partition coefficient (Wildman–Crippen LogP) is 7.01. The lowest BCUT2D eigenvalue weighted by molar-refractivity contribution is -0.142. The van der Waals surface area contributed by atoms with Crippen LogP contribution in [0.2, 0.25) is 0 Å². The first kappa shape index (κ1) is 36.5. The molecule has 2 aliphatic carbocycles. The lowest BCUT2D eigenvalue weighted by Gasteiger charge is -2.37. The Morgan fingerprint density at radius 3 is 2.45 bits per heavy atom. The van der Waals surface area contributed by atoms with Gasteiger partial charge in [0.15, 0.2) is 0 Å². The predicted molar refractivity (Wildman–Crippen MR) is 199 cm³/mol. The number of alkyl halides is 1. The Morgan fingerprint density at radius 2 is 1.72 bits per heavy atom. The van der Waals surface area contributed by atoms with E-state index in [9.17, 15) is 23.6 Å². The van der Waals surface area contributed by atoms with Crippen LogP contribution in [0.4, 0.5) is 14.9 Å². The van der Waals surface area contributed by atoms with E-state index in [-0.39, 0.29) is 35.5 Å². The van der Waals surface area contributed by atoms with Crippen molar-refractivity contribution in [2.75, 3.05) is 18.5 Å². The molecule has 3 heterocycles. The molecule has 282 valence electrons. The Morgan fingerprint density at radius 1 is 0.962 bits per heavy atom. The molecule has 3 amide bonds. The number of H-pyrrole nitrogens is 1. The van der Waals surface area contributed by atoms with Gasteiger partial charge in [0.2, 0.25) is 11.8 Å². The number of halogens is 1. The zero-order chi connectivity index (χ0) is 37.3. The fourth-order valence-electron chi connectivity index (χ4n) is 8.87. The number of benzene rings is 2. The molecule has 3 N–H and O–H groups in total. The molecule has 12 nitrogen and oxygen atoms in total. The molecule has 4 aromatic rings. The molecule has 13 heteroatoms. The zero-order valence-electron chi connectivity index (χ0n) is 30.8. The highest BCUT2D eigenvalue weighted by Gasteiger charge is 2.47. The average molecular weight is 728 g/mol. The van der Waals surface area contributed by atoms with Crippen molar-refractivity contribution >= 4 is 51.4 Å². The summed E-state index contributed by atoms with van der Waals surface area (Å²) in [6.07, 6.45) is 8.09. The van der Waals surface area contributed by atoms with Crippen molar-refractivity contribution in [1.82, 2.24) is 30.2 Å². The third-order valence-electron chi connectivity index (χ3n) is 11.5. The first-order valence-corrected chi connectivity index (χ1v) is 19.1. The van der Waals surface area contributed by atoms with E-state index in [2.05, 4.69) is 25.9 Å². The van der Waals surface area contributed by atoms with Gasteiger partial charge in [0, 0.05) is 29.1 Å². The second-order valence-corrected chi connectivity index (χ2v) is 16.1. The monoisotopic (exact) mass is 727 g/mol. The number of amides is 3. The van der Waals surface area contributed by atoms with Gasteiger partial charge < -0.3 is 25.3 Å². The summed E-state index contributed by atoms with van der Waals surface area (Å²) in [5.74, 6) is -0.456. The summed E-state index contributed by atoms with van der Waals surface area (Å²) in [5.41, 5.74) is 2.22. The van der Waals surface area contributed by atoms with Gasteiger partial charge in [-0.05, 0) is 107 Å². The molecular formula is C40H50FN7O5. The van der Waals surface area contributed by atoms with Gasteiger partial charge >= 0.3 is 6.09 Å². The number of hydrogen-bond acceptors (Lipinski definition) is 7. The number of fused-ring (bicyclic) bond motifs is 2. The van der Waals surface area contributed by atoms with Gasteiger partial charge in [0.1, 0.15) is 29.5 Å². The SMILES string of the molecule is CC(C)(C)OC(=O)NC(CF)C1CCC(C(=O)N2CC[C@@H](C3CCCCC3)[C@H]2C(=O)Nc2ccc3[nH]c(C(=O)n4nnc5ccccc54)cc3c2)CC1. The Balaban J connectivity index is 1.04. The highest BCUT2D eigenvalue weighted by atomic mass is 19.1. The third-order valence-corrected chi connectivity index (χ3v) is 11.5. The van der Waals surface area contributed by atoms with E-state index in [4.69, 9.17) is 4.74 Å². The van der Waals surface area contributed by atoms with Gasteiger partial charge in [-0.25, -0.2) is 9.18 Å². The van der Waals surface area contributed by atoms with E-state index < -0.39 is 30.5 Å². The fourth-order valence-corrected chi connectivity index (χ4v) is 8.87. The summed E-state index contributed by atoms with van der Waals surface area (Å²) >= 11 is 0. The molecule has 0 radical (unpaired) electrons. The molecular weight excluding hydrogens is 677 g/mol. The Bertz CT molecular complexity index is 1970. The van der Waals surface area contributed by atoms with Crippen molar-refractivity contribution in [3.63, 3.8) is 0 Å². The Kier molecular flexibility index (Phi) is 10.5. The van der Waals surface area contributed by atoms with Gasteiger partial charge in [-0.1, -0.05) is 49.5 Å². The second kappa shape index (κ2) is 15.3. The van der Waals surface area contributed by atoms with Gasteiger partial charge in [0.05, 0.1) is 11.6 Å². The summed E-state index contributed by atoms with van der Waals surface area (Å²) in [6.45, 7) is 5.13. The maximum Gasteiger partial charge on any atom is 0.407 e. The number of alkyl carbamates (subject to hydrolysis) is 1. The molecule has 2 aromatic carbocycles. The molecule has 1 unspecified atom stereocenters. The number of rotatable bonds is 8. The molecule has 53 heavy (non-hydrogen) atoms. The molecule has 0 bridgehead atoms. The number of carbonyl (C=O) groups excluding carboxylic acids is 4. The van der Waals surface area contributed by atoms with Crippen LogP contribution in [-0.2, 0) is 14.3 Å². The van der Waals surface area contributed by atoms with Crippen LogP contribution >= 0.6 is 0 Å². The summed E-state index contributed by atoms with van der Waals surface area (Å²) < 4.78 is 20.7. The lowest BCUT2D eigenvalue weighted by atomic mass is 9.76. The number of hydrogen-bond donors (Lipinski definition) is 3. The van der Waals surface area contributed by atoms with Crippen molar-refractivity contribution in [2.45, 2.75) is 103 Å². The van der Waals surface area contributed by atoms with Gasteiger partial charge in [-0.15, -0.1) is 5.10 Å². The first-order chi connectivity index (χ1) is 25.5.